The van der Waals surface area contributed by atoms with E-state index in [-0.39, 0.29) is 22.9 Å². The highest BCUT2D eigenvalue weighted by Crippen LogP contribution is 2.20. The number of carbonyl (C=O) groups is 1. The number of halogens is 3. The number of carbonyl (C=O) groups excluding carboxylic acids is 1. The van der Waals surface area contributed by atoms with Crippen LogP contribution in [0.2, 0.25) is 5.02 Å². The Morgan fingerprint density at radius 1 is 1.20 bits per heavy atom. The Bertz CT molecular complexity index is 596. The molecule has 0 bridgehead atoms. The van der Waals surface area contributed by atoms with Crippen LogP contribution in [0.15, 0.2) is 42.5 Å². The molecule has 1 N–H and O–H groups in total. The first-order chi connectivity index (χ1) is 9.60. The summed E-state index contributed by atoms with van der Waals surface area (Å²) in [5, 5.41) is 3.73. The molecule has 0 spiro atoms. The summed E-state index contributed by atoms with van der Waals surface area (Å²) >= 11 is 9.24. The Morgan fingerprint density at radius 2 is 1.90 bits per heavy atom. The third kappa shape index (κ3) is 3.81. The van der Waals surface area contributed by atoms with E-state index in [9.17, 15) is 9.18 Å². The average molecular weight is 357 g/mol. The van der Waals surface area contributed by atoms with Gasteiger partial charge in [-0.15, -0.1) is 0 Å². The first-order valence-electron chi connectivity index (χ1n) is 5.98. The van der Waals surface area contributed by atoms with Gasteiger partial charge in [0.1, 0.15) is 5.82 Å². The van der Waals surface area contributed by atoms with Crippen LogP contribution in [0.1, 0.15) is 11.1 Å². The van der Waals surface area contributed by atoms with Crippen molar-refractivity contribution < 1.29 is 9.18 Å². The molecular weight excluding hydrogens is 345 g/mol. The second-order valence-corrected chi connectivity index (χ2v) is 5.22. The molecule has 0 saturated carbocycles. The predicted octanol–water partition coefficient (Wildman–Crippen LogP) is 4.56. The van der Waals surface area contributed by atoms with Crippen LogP contribution < -0.4 is 5.32 Å². The number of nitrogens with one attached hydrogen (secondary N) is 1. The molecule has 0 saturated heterocycles. The van der Waals surface area contributed by atoms with Gasteiger partial charge in [-0.05, 0) is 29.8 Å². The highest BCUT2D eigenvalue weighted by atomic mass is 79.9. The van der Waals surface area contributed by atoms with Gasteiger partial charge in [-0.3, -0.25) is 4.79 Å². The molecular formula is C15H12BrClFNO. The van der Waals surface area contributed by atoms with Crippen LogP contribution in [-0.2, 0) is 16.5 Å². The summed E-state index contributed by atoms with van der Waals surface area (Å²) in [5.74, 6) is -0.772. The minimum atomic E-state index is -0.470. The van der Waals surface area contributed by atoms with E-state index in [1.54, 1.807) is 18.2 Å². The van der Waals surface area contributed by atoms with Gasteiger partial charge in [0.25, 0.3) is 0 Å². The summed E-state index contributed by atoms with van der Waals surface area (Å²) in [5.41, 5.74) is 2.00. The van der Waals surface area contributed by atoms with Crippen molar-refractivity contribution >= 4 is 39.1 Å². The van der Waals surface area contributed by atoms with Gasteiger partial charge in [0.05, 0.1) is 6.42 Å². The SMILES string of the molecule is O=C(Cc1c(F)cccc1Cl)Nc1ccc(CBr)cc1. The van der Waals surface area contributed by atoms with Crippen LogP contribution in [-0.4, -0.2) is 5.91 Å². The minimum absolute atomic E-state index is 0.0916. The summed E-state index contributed by atoms with van der Waals surface area (Å²) < 4.78 is 13.6. The van der Waals surface area contributed by atoms with Gasteiger partial charge in [-0.1, -0.05) is 45.7 Å². The lowest BCUT2D eigenvalue weighted by atomic mass is 10.1. The van der Waals surface area contributed by atoms with Crippen molar-refractivity contribution in [3.63, 3.8) is 0 Å². The highest BCUT2D eigenvalue weighted by molar-refractivity contribution is 9.08. The fraction of sp³-hybridized carbons (Fsp3) is 0.133. The van der Waals surface area contributed by atoms with E-state index in [2.05, 4.69) is 21.2 Å². The number of benzene rings is 2. The molecule has 0 aliphatic rings. The Kier molecular flexibility index (Phi) is 5.15. The van der Waals surface area contributed by atoms with E-state index in [0.717, 1.165) is 10.9 Å². The number of hydrogen-bond acceptors (Lipinski definition) is 1. The van der Waals surface area contributed by atoms with Gasteiger partial charge < -0.3 is 5.32 Å². The molecule has 1 amide bonds. The third-order valence-corrected chi connectivity index (χ3v) is 3.79. The predicted molar refractivity (Wildman–Crippen MR) is 82.8 cm³/mol. The second-order valence-electron chi connectivity index (χ2n) is 4.26. The molecule has 0 unspecified atom stereocenters. The smallest absolute Gasteiger partial charge is 0.228 e. The van der Waals surface area contributed by atoms with E-state index < -0.39 is 5.82 Å². The molecule has 104 valence electrons. The average Bonchev–Trinajstić information content (AvgIpc) is 2.44. The van der Waals surface area contributed by atoms with Crippen LogP contribution in [0.5, 0.6) is 0 Å². The van der Waals surface area contributed by atoms with Crippen LogP contribution in [0.25, 0.3) is 0 Å². The Hall–Kier alpha value is -1.39. The monoisotopic (exact) mass is 355 g/mol. The maximum absolute atomic E-state index is 13.6. The molecule has 0 aromatic heterocycles. The van der Waals surface area contributed by atoms with Crippen LogP contribution in [0, 0.1) is 5.82 Å². The van der Waals surface area contributed by atoms with E-state index in [1.807, 2.05) is 12.1 Å². The van der Waals surface area contributed by atoms with Crippen molar-refractivity contribution in [1.82, 2.24) is 0 Å². The molecule has 2 aromatic rings. The summed E-state index contributed by atoms with van der Waals surface area (Å²) in [7, 11) is 0. The first kappa shape index (κ1) is 15.0. The molecule has 0 fully saturated rings. The van der Waals surface area contributed by atoms with E-state index in [1.165, 1.54) is 12.1 Å². The molecule has 0 heterocycles. The van der Waals surface area contributed by atoms with Gasteiger partial charge in [-0.2, -0.15) is 0 Å². The quantitative estimate of drug-likeness (QED) is 0.800. The van der Waals surface area contributed by atoms with Crippen molar-refractivity contribution in [2.45, 2.75) is 11.8 Å². The fourth-order valence-electron chi connectivity index (χ4n) is 1.74. The van der Waals surface area contributed by atoms with E-state index >= 15 is 0 Å². The van der Waals surface area contributed by atoms with Crippen molar-refractivity contribution in [3.8, 4) is 0 Å². The van der Waals surface area contributed by atoms with Gasteiger partial charge in [0.2, 0.25) is 5.91 Å². The van der Waals surface area contributed by atoms with Crippen molar-refractivity contribution in [1.29, 1.82) is 0 Å². The lowest BCUT2D eigenvalue weighted by Gasteiger charge is -2.08. The molecule has 0 aliphatic carbocycles. The molecule has 2 rings (SSSR count). The van der Waals surface area contributed by atoms with Crippen LogP contribution in [0.3, 0.4) is 0 Å². The lowest BCUT2D eigenvalue weighted by Crippen LogP contribution is -2.15. The normalized spacial score (nSPS) is 10.3. The Labute approximate surface area is 130 Å². The second kappa shape index (κ2) is 6.86. The number of rotatable bonds is 4. The standard InChI is InChI=1S/C15H12BrClFNO/c16-9-10-4-6-11(7-5-10)19-15(20)8-12-13(17)2-1-3-14(12)18/h1-7H,8-9H2,(H,19,20). The van der Waals surface area contributed by atoms with Gasteiger partial charge >= 0.3 is 0 Å². The van der Waals surface area contributed by atoms with Gasteiger partial charge in [-0.25, -0.2) is 4.39 Å². The van der Waals surface area contributed by atoms with E-state index in [0.29, 0.717) is 5.69 Å². The molecule has 0 atom stereocenters. The molecule has 2 nitrogen and oxygen atoms in total. The Balaban J connectivity index is 2.05. The number of hydrogen-bond donors (Lipinski definition) is 1. The first-order valence-corrected chi connectivity index (χ1v) is 7.47. The van der Waals surface area contributed by atoms with Crippen molar-refractivity contribution in [2.24, 2.45) is 0 Å². The maximum Gasteiger partial charge on any atom is 0.228 e. The zero-order chi connectivity index (χ0) is 14.5. The lowest BCUT2D eigenvalue weighted by molar-refractivity contribution is -0.115. The summed E-state index contributed by atoms with van der Waals surface area (Å²) in [6.45, 7) is 0. The Morgan fingerprint density at radius 3 is 2.50 bits per heavy atom. The number of anilines is 1. The summed E-state index contributed by atoms with van der Waals surface area (Å²) in [4.78, 5) is 11.9. The van der Waals surface area contributed by atoms with Crippen LogP contribution in [0.4, 0.5) is 10.1 Å². The zero-order valence-corrected chi connectivity index (χ0v) is 12.8. The minimum Gasteiger partial charge on any atom is -0.326 e. The summed E-state index contributed by atoms with van der Waals surface area (Å²) in [6, 6.07) is 11.8. The topological polar surface area (TPSA) is 29.1 Å². The van der Waals surface area contributed by atoms with Gasteiger partial charge in [0, 0.05) is 21.6 Å². The highest BCUT2D eigenvalue weighted by Gasteiger charge is 2.11. The van der Waals surface area contributed by atoms with E-state index in [4.69, 9.17) is 11.6 Å². The molecule has 0 aliphatic heterocycles. The van der Waals surface area contributed by atoms with Crippen LogP contribution >= 0.6 is 27.5 Å². The van der Waals surface area contributed by atoms with Crippen molar-refractivity contribution in [2.75, 3.05) is 5.32 Å². The summed E-state index contributed by atoms with van der Waals surface area (Å²) in [6.07, 6.45) is -0.0916. The van der Waals surface area contributed by atoms with Gasteiger partial charge in [0.15, 0.2) is 0 Å². The van der Waals surface area contributed by atoms with Crippen molar-refractivity contribution in [3.05, 3.63) is 64.4 Å². The fourth-order valence-corrected chi connectivity index (χ4v) is 2.35. The maximum atomic E-state index is 13.6. The third-order valence-electron chi connectivity index (χ3n) is 2.79. The molecule has 20 heavy (non-hydrogen) atoms. The number of alkyl halides is 1. The molecule has 2 aromatic carbocycles. The zero-order valence-electron chi connectivity index (χ0n) is 10.5. The molecule has 5 heteroatoms. The number of amides is 1. The largest absolute Gasteiger partial charge is 0.326 e. The molecule has 0 radical (unpaired) electrons.